The molecule has 4 nitrogen and oxygen atoms in total. The molecule has 2 saturated heterocycles. The summed E-state index contributed by atoms with van der Waals surface area (Å²) in [7, 11) is 0. The molecule has 4 heteroatoms. The van der Waals surface area contributed by atoms with E-state index in [2.05, 4.69) is 9.80 Å². The standard InChI is InChI=1S/C22H26N2O2/c25-22(24-16-6-7-19(24)17-23-14-4-5-15-23)18-10-12-21(13-11-18)26-20-8-2-1-3-9-20/h1-3,8-13,19H,4-7,14-17H2. The molecule has 1 amide bonds. The molecule has 0 aliphatic carbocycles. The summed E-state index contributed by atoms with van der Waals surface area (Å²) in [4.78, 5) is 17.5. The van der Waals surface area contributed by atoms with E-state index in [1.54, 1.807) is 0 Å². The quantitative estimate of drug-likeness (QED) is 0.811. The van der Waals surface area contributed by atoms with Crippen LogP contribution in [-0.2, 0) is 0 Å². The van der Waals surface area contributed by atoms with E-state index in [1.165, 1.54) is 25.9 Å². The lowest BCUT2D eigenvalue weighted by atomic mass is 10.1. The topological polar surface area (TPSA) is 32.8 Å². The summed E-state index contributed by atoms with van der Waals surface area (Å²) in [6.07, 6.45) is 4.82. The highest BCUT2D eigenvalue weighted by molar-refractivity contribution is 5.94. The van der Waals surface area contributed by atoms with Crippen molar-refractivity contribution in [3.05, 3.63) is 60.2 Å². The second kappa shape index (κ2) is 7.92. The molecule has 0 aromatic heterocycles. The summed E-state index contributed by atoms with van der Waals surface area (Å²) < 4.78 is 5.82. The van der Waals surface area contributed by atoms with Gasteiger partial charge in [0.25, 0.3) is 5.91 Å². The van der Waals surface area contributed by atoms with E-state index < -0.39 is 0 Å². The largest absolute Gasteiger partial charge is 0.457 e. The molecule has 0 saturated carbocycles. The van der Waals surface area contributed by atoms with Gasteiger partial charge in [0.2, 0.25) is 0 Å². The van der Waals surface area contributed by atoms with E-state index >= 15 is 0 Å². The van der Waals surface area contributed by atoms with Crippen LogP contribution in [0.4, 0.5) is 0 Å². The highest BCUT2D eigenvalue weighted by Crippen LogP contribution is 2.25. The normalized spacial score (nSPS) is 20.5. The Labute approximate surface area is 155 Å². The third-order valence-corrected chi connectivity index (χ3v) is 5.39. The molecule has 2 aliphatic rings. The Morgan fingerprint density at radius 2 is 1.58 bits per heavy atom. The first-order valence-corrected chi connectivity index (χ1v) is 9.66. The molecule has 2 heterocycles. The molecule has 26 heavy (non-hydrogen) atoms. The number of benzene rings is 2. The van der Waals surface area contributed by atoms with Crippen LogP contribution in [0.2, 0.25) is 0 Å². The Balaban J connectivity index is 1.40. The Bertz CT molecular complexity index is 724. The van der Waals surface area contributed by atoms with Gasteiger partial charge >= 0.3 is 0 Å². The van der Waals surface area contributed by atoms with Crippen LogP contribution in [0.3, 0.4) is 0 Å². The third kappa shape index (κ3) is 3.91. The van der Waals surface area contributed by atoms with Crippen LogP contribution in [0.15, 0.2) is 54.6 Å². The van der Waals surface area contributed by atoms with Gasteiger partial charge in [0.1, 0.15) is 11.5 Å². The first-order valence-electron chi connectivity index (χ1n) is 9.66. The Morgan fingerprint density at radius 1 is 0.885 bits per heavy atom. The summed E-state index contributed by atoms with van der Waals surface area (Å²) in [6, 6.07) is 17.6. The summed E-state index contributed by atoms with van der Waals surface area (Å²) in [5.74, 6) is 1.71. The van der Waals surface area contributed by atoms with Crippen molar-refractivity contribution >= 4 is 5.91 Å². The monoisotopic (exact) mass is 350 g/mol. The maximum absolute atomic E-state index is 13.0. The average molecular weight is 350 g/mol. The van der Waals surface area contributed by atoms with Crippen LogP contribution < -0.4 is 4.74 Å². The van der Waals surface area contributed by atoms with Crippen molar-refractivity contribution in [1.29, 1.82) is 0 Å². The van der Waals surface area contributed by atoms with Gasteiger partial charge in [-0.25, -0.2) is 0 Å². The van der Waals surface area contributed by atoms with Gasteiger partial charge in [-0.15, -0.1) is 0 Å². The zero-order chi connectivity index (χ0) is 17.8. The highest BCUT2D eigenvalue weighted by Gasteiger charge is 2.31. The number of amides is 1. The number of ether oxygens (including phenoxy) is 1. The summed E-state index contributed by atoms with van der Waals surface area (Å²) in [5.41, 5.74) is 0.749. The maximum Gasteiger partial charge on any atom is 0.254 e. The number of hydrogen-bond acceptors (Lipinski definition) is 3. The highest BCUT2D eigenvalue weighted by atomic mass is 16.5. The smallest absolute Gasteiger partial charge is 0.254 e. The number of carbonyl (C=O) groups is 1. The van der Waals surface area contributed by atoms with E-state index in [0.29, 0.717) is 6.04 Å². The minimum absolute atomic E-state index is 0.151. The van der Waals surface area contributed by atoms with E-state index in [4.69, 9.17) is 4.74 Å². The molecule has 0 bridgehead atoms. The minimum Gasteiger partial charge on any atom is -0.457 e. The molecule has 1 atom stereocenters. The molecular weight excluding hydrogens is 324 g/mol. The van der Waals surface area contributed by atoms with Crippen molar-refractivity contribution in [3.8, 4) is 11.5 Å². The zero-order valence-corrected chi connectivity index (χ0v) is 15.1. The van der Waals surface area contributed by atoms with Crippen molar-refractivity contribution in [3.63, 3.8) is 0 Å². The summed E-state index contributed by atoms with van der Waals surface area (Å²) in [5, 5.41) is 0. The molecule has 0 spiro atoms. The molecular formula is C22H26N2O2. The van der Waals surface area contributed by atoms with Gasteiger partial charge in [0.15, 0.2) is 0 Å². The van der Waals surface area contributed by atoms with Crippen molar-refractivity contribution in [2.24, 2.45) is 0 Å². The molecule has 2 fully saturated rings. The van der Waals surface area contributed by atoms with Crippen LogP contribution in [0, 0.1) is 0 Å². The number of likely N-dealkylation sites (tertiary alicyclic amines) is 2. The van der Waals surface area contributed by atoms with Gasteiger partial charge < -0.3 is 14.5 Å². The van der Waals surface area contributed by atoms with Gasteiger partial charge in [0.05, 0.1) is 0 Å². The first kappa shape index (κ1) is 17.1. The van der Waals surface area contributed by atoms with Gasteiger partial charge in [-0.3, -0.25) is 4.79 Å². The fourth-order valence-electron chi connectivity index (χ4n) is 4.01. The first-order chi connectivity index (χ1) is 12.8. The van der Waals surface area contributed by atoms with Crippen LogP contribution in [0.25, 0.3) is 0 Å². The number of nitrogens with zero attached hydrogens (tertiary/aromatic N) is 2. The maximum atomic E-state index is 13.0. The number of hydrogen-bond donors (Lipinski definition) is 0. The van der Waals surface area contributed by atoms with Crippen molar-refractivity contribution < 1.29 is 9.53 Å². The van der Waals surface area contributed by atoms with Crippen LogP contribution in [0.5, 0.6) is 11.5 Å². The van der Waals surface area contributed by atoms with Crippen molar-refractivity contribution in [1.82, 2.24) is 9.80 Å². The van der Waals surface area contributed by atoms with Crippen molar-refractivity contribution in [2.75, 3.05) is 26.2 Å². The lowest BCUT2D eigenvalue weighted by molar-refractivity contribution is 0.0709. The van der Waals surface area contributed by atoms with E-state index in [1.807, 2.05) is 54.6 Å². The number of rotatable bonds is 5. The molecule has 0 radical (unpaired) electrons. The van der Waals surface area contributed by atoms with E-state index in [0.717, 1.165) is 43.0 Å². The fourth-order valence-corrected chi connectivity index (χ4v) is 4.01. The lowest BCUT2D eigenvalue weighted by Crippen LogP contribution is -2.42. The SMILES string of the molecule is O=C(c1ccc(Oc2ccccc2)cc1)N1CCCC1CN1CCCC1. The van der Waals surface area contributed by atoms with Crippen LogP contribution in [0.1, 0.15) is 36.0 Å². The molecule has 1 unspecified atom stereocenters. The number of carbonyl (C=O) groups excluding carboxylic acids is 1. The summed E-state index contributed by atoms with van der Waals surface area (Å²) >= 11 is 0. The van der Waals surface area contributed by atoms with Crippen molar-refractivity contribution in [2.45, 2.75) is 31.7 Å². The second-order valence-corrected chi connectivity index (χ2v) is 7.24. The molecule has 2 aliphatic heterocycles. The average Bonchev–Trinajstić information content (AvgIpc) is 3.35. The minimum atomic E-state index is 0.151. The number of para-hydroxylation sites is 1. The summed E-state index contributed by atoms with van der Waals surface area (Å²) in [6.45, 7) is 4.27. The van der Waals surface area contributed by atoms with E-state index in [-0.39, 0.29) is 5.91 Å². The molecule has 0 N–H and O–H groups in total. The van der Waals surface area contributed by atoms with Gasteiger partial charge in [-0.1, -0.05) is 18.2 Å². The Morgan fingerprint density at radius 3 is 2.31 bits per heavy atom. The Kier molecular flexibility index (Phi) is 5.21. The predicted molar refractivity (Wildman–Crippen MR) is 103 cm³/mol. The third-order valence-electron chi connectivity index (χ3n) is 5.39. The Hall–Kier alpha value is -2.33. The molecule has 136 valence electrons. The molecule has 2 aromatic rings. The van der Waals surface area contributed by atoms with Gasteiger partial charge in [-0.2, -0.15) is 0 Å². The van der Waals surface area contributed by atoms with E-state index in [9.17, 15) is 4.79 Å². The van der Waals surface area contributed by atoms with Crippen LogP contribution in [-0.4, -0.2) is 47.9 Å². The molecule has 2 aromatic carbocycles. The lowest BCUT2D eigenvalue weighted by Gasteiger charge is -2.28. The molecule has 4 rings (SSSR count). The fraction of sp³-hybridized carbons (Fsp3) is 0.409. The predicted octanol–water partition coefficient (Wildman–Crippen LogP) is 4.18. The van der Waals surface area contributed by atoms with Gasteiger partial charge in [-0.05, 0) is 75.2 Å². The van der Waals surface area contributed by atoms with Crippen LogP contribution >= 0.6 is 0 Å². The zero-order valence-electron chi connectivity index (χ0n) is 15.1. The second-order valence-electron chi connectivity index (χ2n) is 7.24. The van der Waals surface area contributed by atoms with Gasteiger partial charge in [0, 0.05) is 24.7 Å².